The van der Waals surface area contributed by atoms with Crippen LogP contribution in [0.25, 0.3) is 0 Å². The van der Waals surface area contributed by atoms with E-state index in [-0.39, 0.29) is 48.8 Å². The first-order valence-electron chi connectivity index (χ1n) is 15.6. The number of rotatable bonds is 6. The van der Waals surface area contributed by atoms with Crippen molar-refractivity contribution in [3.05, 3.63) is 42.5 Å². The van der Waals surface area contributed by atoms with E-state index in [1.54, 1.807) is 4.90 Å². The average molecular weight is 576 g/mol. The highest BCUT2D eigenvalue weighted by Gasteiger charge is 2.54. The SMILES string of the molecule is C=CC(=O)N1CCN(C2NC(OC[C@@H]3CCCN3C)NC3C[C@]4(CCC32)Cc2ccccc2N(C)C4=O)C[C@@H]1CC#N. The van der Waals surface area contributed by atoms with Gasteiger partial charge in [-0.25, -0.2) is 0 Å². The van der Waals surface area contributed by atoms with Crippen LogP contribution in [0.4, 0.5) is 5.69 Å². The number of likely N-dealkylation sites (N-methyl/N-ethyl adjacent to an activating group) is 1. The molecule has 4 unspecified atom stereocenters. The second kappa shape index (κ2) is 12.1. The van der Waals surface area contributed by atoms with Gasteiger partial charge in [0.25, 0.3) is 0 Å². The first-order chi connectivity index (χ1) is 20.3. The van der Waals surface area contributed by atoms with E-state index in [0.29, 0.717) is 32.3 Å². The minimum Gasteiger partial charge on any atom is -0.348 e. The molecule has 1 aromatic carbocycles. The van der Waals surface area contributed by atoms with Gasteiger partial charge in [0, 0.05) is 50.4 Å². The van der Waals surface area contributed by atoms with E-state index in [9.17, 15) is 14.9 Å². The van der Waals surface area contributed by atoms with Gasteiger partial charge in [0.1, 0.15) is 0 Å². The highest BCUT2D eigenvalue weighted by molar-refractivity contribution is 6.00. The smallest absolute Gasteiger partial charge is 0.246 e. The molecule has 4 heterocycles. The molecule has 4 fully saturated rings. The number of amides is 2. The van der Waals surface area contributed by atoms with Gasteiger partial charge in [0.2, 0.25) is 11.8 Å². The fraction of sp³-hybridized carbons (Fsp3) is 0.656. The van der Waals surface area contributed by atoms with E-state index in [0.717, 1.165) is 44.3 Å². The van der Waals surface area contributed by atoms with Crippen LogP contribution in [0.5, 0.6) is 0 Å². The highest BCUT2D eigenvalue weighted by atomic mass is 16.5. The maximum atomic E-state index is 13.9. The Morgan fingerprint density at radius 3 is 2.79 bits per heavy atom. The summed E-state index contributed by atoms with van der Waals surface area (Å²) < 4.78 is 6.52. The summed E-state index contributed by atoms with van der Waals surface area (Å²) in [7, 11) is 4.07. The molecule has 4 aliphatic heterocycles. The van der Waals surface area contributed by atoms with Gasteiger partial charge in [0.05, 0.1) is 36.7 Å². The lowest BCUT2D eigenvalue weighted by molar-refractivity contribution is -0.143. The van der Waals surface area contributed by atoms with Gasteiger partial charge in [0.15, 0.2) is 6.35 Å². The molecule has 7 atom stereocenters. The number of para-hydroxylation sites is 1. The molecular weight excluding hydrogens is 530 g/mol. The summed E-state index contributed by atoms with van der Waals surface area (Å²) >= 11 is 0. The first-order valence-corrected chi connectivity index (χ1v) is 15.6. The van der Waals surface area contributed by atoms with Crippen molar-refractivity contribution in [3.8, 4) is 6.07 Å². The van der Waals surface area contributed by atoms with Gasteiger partial charge in [-0.1, -0.05) is 24.8 Å². The second-order valence-electron chi connectivity index (χ2n) is 13.0. The van der Waals surface area contributed by atoms with E-state index >= 15 is 0 Å². The lowest BCUT2D eigenvalue weighted by atomic mass is 9.62. The van der Waals surface area contributed by atoms with Crippen molar-refractivity contribution in [3.63, 3.8) is 0 Å². The van der Waals surface area contributed by atoms with Crippen LogP contribution in [0.1, 0.15) is 44.1 Å². The number of hydrogen-bond acceptors (Lipinski definition) is 8. The molecule has 10 heteroatoms. The zero-order valence-corrected chi connectivity index (χ0v) is 25.0. The summed E-state index contributed by atoms with van der Waals surface area (Å²) in [6.07, 6.45) is 6.90. The van der Waals surface area contributed by atoms with Crippen molar-refractivity contribution in [1.29, 1.82) is 5.26 Å². The van der Waals surface area contributed by atoms with E-state index in [4.69, 9.17) is 4.74 Å². The number of piperazine rings is 1. The molecule has 5 aliphatic rings. The fourth-order valence-electron chi connectivity index (χ4n) is 8.34. The molecule has 0 aromatic heterocycles. The average Bonchev–Trinajstić information content (AvgIpc) is 3.42. The lowest BCUT2D eigenvalue weighted by Crippen LogP contribution is -2.73. The van der Waals surface area contributed by atoms with Gasteiger partial charge in [-0.3, -0.25) is 25.1 Å². The van der Waals surface area contributed by atoms with Crippen LogP contribution < -0.4 is 15.5 Å². The van der Waals surface area contributed by atoms with Crippen LogP contribution in [-0.2, 0) is 20.7 Å². The monoisotopic (exact) mass is 575 g/mol. The number of nitrogens with zero attached hydrogens (tertiary/aromatic N) is 5. The zero-order valence-electron chi connectivity index (χ0n) is 25.0. The molecule has 2 amide bonds. The Labute approximate surface area is 249 Å². The molecule has 42 heavy (non-hydrogen) atoms. The van der Waals surface area contributed by atoms with E-state index in [1.165, 1.54) is 18.1 Å². The fourth-order valence-corrected chi connectivity index (χ4v) is 8.34. The van der Waals surface area contributed by atoms with E-state index in [2.05, 4.69) is 52.3 Å². The molecule has 1 spiro atoms. The standard InChI is InChI=1S/C32H45N7O3/c1-4-28(40)39-17-16-38(20-23(39)12-14-33)29-25-11-13-32(18-22-8-5-6-10-27(22)37(3)30(32)41)19-26(25)34-31(35-29)42-21-24-9-7-15-36(24)2/h4-6,8,10,23-26,29,31,34-35H,1,7,9,11-13,15-21H2,2-3H3/t23-,24-,25?,26?,29?,31?,32-/m0/s1. The van der Waals surface area contributed by atoms with Crippen LogP contribution in [0.15, 0.2) is 36.9 Å². The predicted octanol–water partition coefficient (Wildman–Crippen LogP) is 1.89. The molecule has 1 aliphatic carbocycles. The lowest BCUT2D eigenvalue weighted by Gasteiger charge is -2.56. The largest absolute Gasteiger partial charge is 0.348 e. The molecule has 3 saturated heterocycles. The van der Waals surface area contributed by atoms with Crippen molar-refractivity contribution >= 4 is 17.5 Å². The van der Waals surface area contributed by atoms with Gasteiger partial charge in [-0.05, 0) is 69.8 Å². The van der Waals surface area contributed by atoms with Crippen molar-refractivity contribution in [2.45, 2.75) is 75.6 Å². The molecule has 1 saturated carbocycles. The number of carbonyl (C=O) groups excluding carboxylic acids is 2. The maximum Gasteiger partial charge on any atom is 0.246 e. The van der Waals surface area contributed by atoms with Crippen molar-refractivity contribution in [2.24, 2.45) is 11.3 Å². The molecule has 1 aromatic rings. The van der Waals surface area contributed by atoms with Crippen molar-refractivity contribution in [1.82, 2.24) is 25.3 Å². The number of ether oxygens (including phenoxy) is 1. The number of carbonyl (C=O) groups is 2. The van der Waals surface area contributed by atoms with Crippen molar-refractivity contribution < 1.29 is 14.3 Å². The number of anilines is 1. The third-order valence-electron chi connectivity index (χ3n) is 10.6. The zero-order chi connectivity index (χ0) is 29.4. The molecule has 0 bridgehead atoms. The molecule has 2 N–H and O–H groups in total. The maximum absolute atomic E-state index is 13.9. The van der Waals surface area contributed by atoms with Crippen molar-refractivity contribution in [2.75, 3.05) is 51.8 Å². The number of benzene rings is 1. The Morgan fingerprint density at radius 1 is 1.19 bits per heavy atom. The molecule has 10 nitrogen and oxygen atoms in total. The Hall–Kier alpha value is -2.81. The third kappa shape index (κ3) is 5.38. The normalized spacial score (nSPS) is 35.5. The van der Waals surface area contributed by atoms with Crippen LogP contribution in [0, 0.1) is 22.7 Å². The number of likely N-dealkylation sites (tertiary alicyclic amines) is 1. The Kier molecular flexibility index (Phi) is 8.40. The van der Waals surface area contributed by atoms with Crippen LogP contribution in [0.2, 0.25) is 0 Å². The summed E-state index contributed by atoms with van der Waals surface area (Å²) in [6, 6.07) is 10.9. The quantitative estimate of drug-likeness (QED) is 0.496. The van der Waals surface area contributed by atoms with Gasteiger partial charge in [-0.2, -0.15) is 5.26 Å². The second-order valence-corrected chi connectivity index (χ2v) is 13.0. The Balaban J connectivity index is 1.24. The molecule has 226 valence electrons. The van der Waals surface area contributed by atoms with Crippen LogP contribution in [-0.4, -0.2) is 104 Å². The summed E-state index contributed by atoms with van der Waals surface area (Å²) in [6.45, 7) is 7.29. The molecule has 6 rings (SSSR count). The predicted molar refractivity (Wildman–Crippen MR) is 160 cm³/mol. The Morgan fingerprint density at radius 2 is 2.02 bits per heavy atom. The minimum absolute atomic E-state index is 0.0193. The minimum atomic E-state index is -0.437. The number of nitrogens with one attached hydrogen (secondary N) is 2. The third-order valence-corrected chi connectivity index (χ3v) is 10.6. The Bertz CT molecular complexity index is 1230. The van der Waals surface area contributed by atoms with E-state index < -0.39 is 5.41 Å². The first kappa shape index (κ1) is 29.3. The van der Waals surface area contributed by atoms with Gasteiger partial charge in [-0.15, -0.1) is 0 Å². The molecular formula is C32H45N7O3. The van der Waals surface area contributed by atoms with Gasteiger partial charge < -0.3 is 19.4 Å². The van der Waals surface area contributed by atoms with Crippen LogP contribution >= 0.6 is 0 Å². The number of fused-ring (bicyclic) bond motifs is 2. The summed E-state index contributed by atoms with van der Waals surface area (Å²) in [5.41, 5.74) is 1.82. The summed E-state index contributed by atoms with van der Waals surface area (Å²) in [5, 5.41) is 17.1. The topological polar surface area (TPSA) is 104 Å². The number of nitriles is 1. The summed E-state index contributed by atoms with van der Waals surface area (Å²) in [5.74, 6) is 0.365. The van der Waals surface area contributed by atoms with Gasteiger partial charge >= 0.3 is 0 Å². The van der Waals surface area contributed by atoms with E-state index in [1.807, 2.05) is 24.1 Å². The summed E-state index contributed by atoms with van der Waals surface area (Å²) in [4.78, 5) is 34.9. The molecule has 0 radical (unpaired) electrons. The van der Waals surface area contributed by atoms with Crippen LogP contribution in [0.3, 0.4) is 0 Å². The number of hydrogen-bond donors (Lipinski definition) is 2. The highest BCUT2D eigenvalue weighted by Crippen LogP contribution is 2.49.